The Morgan fingerprint density at radius 1 is 0.526 bits per heavy atom. The van der Waals surface area contributed by atoms with Gasteiger partial charge >= 0.3 is 0 Å². The first kappa shape index (κ1) is 27.9. The van der Waals surface area contributed by atoms with Crippen molar-refractivity contribution in [3.8, 4) is 0 Å². The Labute approximate surface area is 136 Å². The van der Waals surface area contributed by atoms with Crippen LogP contribution in [-0.4, -0.2) is 32.1 Å². The van der Waals surface area contributed by atoms with Crippen LogP contribution in [0.25, 0.3) is 0 Å². The van der Waals surface area contributed by atoms with Crippen molar-refractivity contribution in [2.24, 2.45) is 0 Å². The first-order chi connectivity index (χ1) is 7.68. The van der Waals surface area contributed by atoms with E-state index in [2.05, 4.69) is 0 Å². The summed E-state index contributed by atoms with van der Waals surface area (Å²) in [6.45, 7) is 16.7. The third kappa shape index (κ3) is 55.6. The van der Waals surface area contributed by atoms with Gasteiger partial charge in [-0.1, -0.05) is 20.8 Å². The number of aliphatic hydroxyl groups is 3. The second-order valence-electron chi connectivity index (χ2n) is 6.50. The zero-order chi connectivity index (χ0) is 15.6. The first-order valence-corrected chi connectivity index (χ1v) is 6.85. The first-order valence-electron chi connectivity index (χ1n) is 6.85. The molecule has 4 heteroatoms. The van der Waals surface area contributed by atoms with E-state index in [-0.39, 0.29) is 22.4 Å². The van der Waals surface area contributed by atoms with E-state index >= 15 is 0 Å². The normalized spacial score (nSPS) is 11.4. The molecule has 0 aliphatic heterocycles. The smallest absolute Gasteiger partial charge is 0.0589 e. The summed E-state index contributed by atoms with van der Waals surface area (Å²) in [6.07, 6.45) is 2.48. The van der Waals surface area contributed by atoms with Crippen LogP contribution in [-0.2, 0) is 22.4 Å². The predicted molar refractivity (Wildman–Crippen MR) is 79.8 cm³/mol. The summed E-state index contributed by atoms with van der Waals surface area (Å²) in [4.78, 5) is 0. The maximum atomic E-state index is 8.83. The fourth-order valence-electron chi connectivity index (χ4n) is 0. The maximum Gasteiger partial charge on any atom is 0.0589 e. The van der Waals surface area contributed by atoms with Gasteiger partial charge in [0.2, 0.25) is 0 Å². The molecule has 0 heterocycles. The molecule has 0 aromatic heterocycles. The molecule has 0 saturated heterocycles. The Morgan fingerprint density at radius 3 is 0.579 bits per heavy atom. The van der Waals surface area contributed by atoms with Crippen LogP contribution in [0.1, 0.15) is 81.6 Å². The Bertz CT molecular complexity index is 140. The van der Waals surface area contributed by atoms with Crippen molar-refractivity contribution in [2.45, 2.75) is 98.4 Å². The maximum absolute atomic E-state index is 8.83. The molecule has 0 unspecified atom stereocenters. The van der Waals surface area contributed by atoms with Gasteiger partial charge in [-0.25, -0.2) is 0 Å². The molecule has 3 nitrogen and oxygen atoms in total. The third-order valence-electron chi connectivity index (χ3n) is 2.60. The molecule has 19 heavy (non-hydrogen) atoms. The molecule has 0 amide bonds. The van der Waals surface area contributed by atoms with Crippen LogP contribution >= 0.6 is 0 Å². The van der Waals surface area contributed by atoms with Crippen molar-refractivity contribution in [2.75, 3.05) is 0 Å². The molecule has 3 N–H and O–H groups in total. The minimum Gasteiger partial charge on any atom is -0.390 e. The summed E-state index contributed by atoms with van der Waals surface area (Å²) in [5.74, 6) is 0. The van der Waals surface area contributed by atoms with Crippen molar-refractivity contribution in [1.29, 1.82) is 0 Å². The van der Waals surface area contributed by atoms with Crippen molar-refractivity contribution in [3.05, 3.63) is 0 Å². The van der Waals surface area contributed by atoms with E-state index in [1.54, 1.807) is 41.5 Å². The van der Waals surface area contributed by atoms with Gasteiger partial charge in [-0.2, -0.15) is 0 Å². The summed E-state index contributed by atoms with van der Waals surface area (Å²) in [5, 5.41) is 26.5. The van der Waals surface area contributed by atoms with Gasteiger partial charge in [0.25, 0.3) is 0 Å². The van der Waals surface area contributed by atoms with Gasteiger partial charge in [0.15, 0.2) is 0 Å². The molecule has 0 spiro atoms. The van der Waals surface area contributed by atoms with Gasteiger partial charge in [0, 0.05) is 22.4 Å². The van der Waals surface area contributed by atoms with E-state index in [1.807, 2.05) is 20.8 Å². The molecule has 0 atom stereocenters. The number of hydrogen-bond donors (Lipinski definition) is 3. The minimum atomic E-state index is -0.458. The van der Waals surface area contributed by atoms with E-state index in [4.69, 9.17) is 15.3 Å². The quantitative estimate of drug-likeness (QED) is 0.678. The molecule has 0 fully saturated rings. The fourth-order valence-corrected chi connectivity index (χ4v) is 0. The summed E-state index contributed by atoms with van der Waals surface area (Å²) in [6, 6.07) is 0. The molecular formula is C15H36NbO3. The van der Waals surface area contributed by atoms with Crippen molar-refractivity contribution >= 4 is 0 Å². The molecule has 0 aliphatic carbocycles. The van der Waals surface area contributed by atoms with Gasteiger partial charge in [-0.05, 0) is 60.8 Å². The summed E-state index contributed by atoms with van der Waals surface area (Å²) in [5.41, 5.74) is -1.37. The molecular weight excluding hydrogens is 321 g/mol. The Balaban J connectivity index is -0.0000000865. The van der Waals surface area contributed by atoms with Crippen LogP contribution in [0, 0.1) is 0 Å². The van der Waals surface area contributed by atoms with Crippen LogP contribution in [0.15, 0.2) is 0 Å². The van der Waals surface area contributed by atoms with Crippen molar-refractivity contribution < 1.29 is 37.7 Å². The zero-order valence-electron chi connectivity index (χ0n) is 14.4. The molecule has 0 bridgehead atoms. The number of rotatable bonds is 3. The van der Waals surface area contributed by atoms with Crippen molar-refractivity contribution in [3.63, 3.8) is 0 Å². The van der Waals surface area contributed by atoms with Crippen LogP contribution < -0.4 is 0 Å². The van der Waals surface area contributed by atoms with E-state index in [1.165, 1.54) is 0 Å². The van der Waals surface area contributed by atoms with E-state index in [0.717, 1.165) is 19.3 Å². The van der Waals surface area contributed by atoms with E-state index in [0.29, 0.717) is 0 Å². The van der Waals surface area contributed by atoms with Gasteiger partial charge in [-0.15, -0.1) is 0 Å². The van der Waals surface area contributed by atoms with Crippen LogP contribution in [0.2, 0.25) is 0 Å². The second kappa shape index (κ2) is 12.4. The van der Waals surface area contributed by atoms with E-state index < -0.39 is 16.8 Å². The average Bonchev–Trinajstić information content (AvgIpc) is 2.16. The molecule has 119 valence electrons. The number of hydrogen-bond acceptors (Lipinski definition) is 3. The molecule has 0 aromatic carbocycles. The molecule has 0 aromatic rings. The molecule has 0 saturated carbocycles. The van der Waals surface area contributed by atoms with Gasteiger partial charge in [0.1, 0.15) is 0 Å². The van der Waals surface area contributed by atoms with Gasteiger partial charge in [-0.3, -0.25) is 0 Å². The fraction of sp³-hybridized carbons (Fsp3) is 1.00. The Morgan fingerprint density at radius 2 is 0.579 bits per heavy atom. The largest absolute Gasteiger partial charge is 0.390 e. The standard InChI is InChI=1S/3C5H12O.Nb/c3*1-4-5(2,3)6;/h3*6H,4H2,1-3H3;. The summed E-state index contributed by atoms with van der Waals surface area (Å²) < 4.78 is 0. The summed E-state index contributed by atoms with van der Waals surface area (Å²) in [7, 11) is 0. The summed E-state index contributed by atoms with van der Waals surface area (Å²) >= 11 is 0. The second-order valence-corrected chi connectivity index (χ2v) is 6.50. The Kier molecular flexibility index (Phi) is 18.1. The average molecular weight is 357 g/mol. The SMILES string of the molecule is CCC(C)(C)O.CCC(C)(C)O.CCC(C)(C)O.[Nb]. The Hall–Kier alpha value is 0.620. The predicted octanol–water partition coefficient (Wildman–Crippen LogP) is 3.50. The third-order valence-corrected chi connectivity index (χ3v) is 2.60. The molecule has 1 radical (unpaired) electrons. The van der Waals surface area contributed by atoms with Gasteiger partial charge < -0.3 is 15.3 Å². The topological polar surface area (TPSA) is 60.7 Å². The van der Waals surface area contributed by atoms with E-state index in [9.17, 15) is 0 Å². The van der Waals surface area contributed by atoms with Crippen LogP contribution in [0.3, 0.4) is 0 Å². The van der Waals surface area contributed by atoms with Crippen molar-refractivity contribution in [1.82, 2.24) is 0 Å². The van der Waals surface area contributed by atoms with Crippen LogP contribution in [0.4, 0.5) is 0 Å². The zero-order valence-corrected chi connectivity index (χ0v) is 16.6. The molecule has 0 aliphatic rings. The monoisotopic (exact) mass is 357 g/mol. The minimum absolute atomic E-state index is 0. The van der Waals surface area contributed by atoms with Gasteiger partial charge in [0.05, 0.1) is 16.8 Å². The van der Waals surface area contributed by atoms with Crippen LogP contribution in [0.5, 0.6) is 0 Å². The molecule has 0 rings (SSSR count).